The molecule has 0 aromatic heterocycles. The SMILES string of the molecule is CC(C)(C)[S@@](=O)NC[C@](O)(c1ccccc1)[C@@H](O)c1ccc([N+](=O)[O-])cc1. The van der Waals surface area contributed by atoms with Crippen LogP contribution in [0.5, 0.6) is 0 Å². The van der Waals surface area contributed by atoms with Gasteiger partial charge in [0.15, 0.2) is 0 Å². The Morgan fingerprint density at radius 3 is 2.15 bits per heavy atom. The maximum absolute atomic E-state index is 12.4. The van der Waals surface area contributed by atoms with Crippen molar-refractivity contribution in [3.63, 3.8) is 0 Å². The second-order valence-corrected chi connectivity index (χ2v) is 9.29. The first-order valence-corrected chi connectivity index (χ1v) is 9.56. The number of rotatable bonds is 7. The van der Waals surface area contributed by atoms with Crippen LogP contribution in [0.25, 0.3) is 0 Å². The lowest BCUT2D eigenvalue weighted by Gasteiger charge is -2.34. The molecule has 0 aliphatic heterocycles. The number of hydrogen-bond donors (Lipinski definition) is 3. The molecule has 0 fully saturated rings. The van der Waals surface area contributed by atoms with Crippen LogP contribution >= 0.6 is 0 Å². The van der Waals surface area contributed by atoms with Crippen LogP contribution in [-0.2, 0) is 16.6 Å². The molecule has 8 heteroatoms. The molecule has 0 radical (unpaired) electrons. The molecule has 0 saturated heterocycles. The highest BCUT2D eigenvalue weighted by atomic mass is 32.2. The fourth-order valence-corrected chi connectivity index (χ4v) is 3.31. The van der Waals surface area contributed by atoms with Gasteiger partial charge in [-0.15, -0.1) is 0 Å². The van der Waals surface area contributed by atoms with Gasteiger partial charge in [0, 0.05) is 18.7 Å². The summed E-state index contributed by atoms with van der Waals surface area (Å²) in [5, 5.41) is 33.0. The van der Waals surface area contributed by atoms with Crippen molar-refractivity contribution < 1.29 is 19.3 Å². The summed E-state index contributed by atoms with van der Waals surface area (Å²) in [6, 6.07) is 13.9. The largest absolute Gasteiger partial charge is 0.385 e. The van der Waals surface area contributed by atoms with E-state index in [9.17, 15) is 24.5 Å². The molecule has 0 aliphatic carbocycles. The van der Waals surface area contributed by atoms with Crippen LogP contribution in [0.15, 0.2) is 54.6 Å². The Hall–Kier alpha value is -2.13. The standard InChI is InChI=1S/C19H24N2O5S/c1-18(2,3)27(26)20-13-19(23,15-7-5-4-6-8-15)17(22)14-9-11-16(12-10-14)21(24)25/h4-12,17,20,22-23H,13H2,1-3H3/t17-,19-,27+/m0/s1. The summed E-state index contributed by atoms with van der Waals surface area (Å²) in [5.74, 6) is 0. The van der Waals surface area contributed by atoms with Crippen LogP contribution < -0.4 is 4.72 Å². The lowest BCUT2D eigenvalue weighted by molar-refractivity contribution is -0.384. The van der Waals surface area contributed by atoms with Gasteiger partial charge in [0.1, 0.15) is 11.7 Å². The zero-order valence-electron chi connectivity index (χ0n) is 15.5. The van der Waals surface area contributed by atoms with Crippen LogP contribution in [0.4, 0.5) is 5.69 Å². The minimum Gasteiger partial charge on any atom is -0.385 e. The number of aliphatic hydroxyl groups excluding tert-OH is 1. The molecule has 0 unspecified atom stereocenters. The van der Waals surface area contributed by atoms with Crippen molar-refractivity contribution >= 4 is 16.7 Å². The first-order chi connectivity index (χ1) is 12.6. The summed E-state index contributed by atoms with van der Waals surface area (Å²) < 4.78 is 14.6. The molecule has 0 aliphatic rings. The summed E-state index contributed by atoms with van der Waals surface area (Å²) in [4.78, 5) is 10.3. The highest BCUT2D eigenvalue weighted by molar-refractivity contribution is 7.84. The predicted octanol–water partition coefficient (Wildman–Crippen LogP) is 2.57. The van der Waals surface area contributed by atoms with Gasteiger partial charge in [0.2, 0.25) is 0 Å². The molecule has 0 heterocycles. The molecular weight excluding hydrogens is 368 g/mol. The smallest absolute Gasteiger partial charge is 0.269 e. The molecule has 146 valence electrons. The molecule has 0 amide bonds. The number of nitrogens with zero attached hydrogens (tertiary/aromatic N) is 1. The Bertz CT molecular complexity index is 805. The Morgan fingerprint density at radius 1 is 1.11 bits per heavy atom. The van der Waals surface area contributed by atoms with Gasteiger partial charge in [0.05, 0.1) is 20.7 Å². The van der Waals surface area contributed by atoms with Gasteiger partial charge in [-0.25, -0.2) is 8.93 Å². The average molecular weight is 392 g/mol. The van der Waals surface area contributed by atoms with Crippen molar-refractivity contribution in [3.8, 4) is 0 Å². The first-order valence-electron chi connectivity index (χ1n) is 8.41. The van der Waals surface area contributed by atoms with E-state index in [0.717, 1.165) is 0 Å². The van der Waals surface area contributed by atoms with Gasteiger partial charge in [-0.1, -0.05) is 30.3 Å². The molecular formula is C19H24N2O5S. The molecule has 2 aromatic rings. The minimum absolute atomic E-state index is 0.110. The maximum atomic E-state index is 12.4. The van der Waals surface area contributed by atoms with E-state index in [1.807, 2.05) is 0 Å². The third-order valence-electron chi connectivity index (χ3n) is 4.17. The van der Waals surface area contributed by atoms with Crippen molar-refractivity contribution in [2.45, 2.75) is 37.2 Å². The van der Waals surface area contributed by atoms with Crippen molar-refractivity contribution in [3.05, 3.63) is 75.8 Å². The Balaban J connectivity index is 2.36. The Labute approximate surface area is 160 Å². The van der Waals surface area contributed by atoms with E-state index in [2.05, 4.69) is 4.72 Å². The fourth-order valence-electron chi connectivity index (χ4n) is 2.53. The van der Waals surface area contributed by atoms with Gasteiger partial charge < -0.3 is 10.2 Å². The number of nitro groups is 1. The zero-order chi connectivity index (χ0) is 20.2. The maximum Gasteiger partial charge on any atom is 0.269 e. The number of nitro benzene ring substituents is 1. The van der Waals surface area contributed by atoms with Gasteiger partial charge in [-0.3, -0.25) is 10.1 Å². The topological polar surface area (TPSA) is 113 Å². The van der Waals surface area contributed by atoms with Crippen LogP contribution in [0.2, 0.25) is 0 Å². The quantitative estimate of drug-likeness (QED) is 0.495. The summed E-state index contributed by atoms with van der Waals surface area (Å²) in [6.45, 7) is 5.22. The van der Waals surface area contributed by atoms with E-state index in [-0.39, 0.29) is 12.2 Å². The van der Waals surface area contributed by atoms with Gasteiger partial charge >= 0.3 is 0 Å². The lowest BCUT2D eigenvalue weighted by atomic mass is 9.84. The van der Waals surface area contributed by atoms with Crippen molar-refractivity contribution in [2.24, 2.45) is 0 Å². The van der Waals surface area contributed by atoms with E-state index >= 15 is 0 Å². The molecule has 0 saturated carbocycles. The highest BCUT2D eigenvalue weighted by Crippen LogP contribution is 2.35. The number of aliphatic hydroxyl groups is 2. The first kappa shape index (κ1) is 21.2. The number of nitrogens with one attached hydrogen (secondary N) is 1. The molecule has 3 atom stereocenters. The average Bonchev–Trinajstić information content (AvgIpc) is 2.65. The molecule has 0 bridgehead atoms. The van der Waals surface area contributed by atoms with Gasteiger partial charge in [-0.05, 0) is 44.0 Å². The van der Waals surface area contributed by atoms with Crippen LogP contribution in [0.3, 0.4) is 0 Å². The molecule has 2 rings (SSSR count). The van der Waals surface area contributed by atoms with E-state index in [4.69, 9.17) is 0 Å². The fraction of sp³-hybridized carbons (Fsp3) is 0.368. The van der Waals surface area contributed by atoms with E-state index in [1.165, 1.54) is 24.3 Å². The second kappa shape index (κ2) is 8.26. The molecule has 0 spiro atoms. The van der Waals surface area contributed by atoms with E-state index in [1.54, 1.807) is 51.1 Å². The second-order valence-electron chi connectivity index (χ2n) is 7.24. The molecule has 3 N–H and O–H groups in total. The third kappa shape index (κ3) is 4.98. The van der Waals surface area contributed by atoms with Crippen molar-refractivity contribution in [1.82, 2.24) is 4.72 Å². The number of hydrogen-bond acceptors (Lipinski definition) is 5. The zero-order valence-corrected chi connectivity index (χ0v) is 16.3. The molecule has 2 aromatic carbocycles. The summed E-state index contributed by atoms with van der Waals surface area (Å²) in [5.41, 5.74) is -1.14. The van der Waals surface area contributed by atoms with E-state index < -0.39 is 32.4 Å². The Kier molecular flexibility index (Phi) is 6.48. The summed E-state index contributed by atoms with van der Waals surface area (Å²) in [6.07, 6.45) is -1.38. The van der Waals surface area contributed by atoms with Crippen LogP contribution in [-0.4, -0.2) is 30.6 Å². The van der Waals surface area contributed by atoms with Crippen LogP contribution in [0, 0.1) is 10.1 Å². The van der Waals surface area contributed by atoms with Gasteiger partial charge in [-0.2, -0.15) is 0 Å². The highest BCUT2D eigenvalue weighted by Gasteiger charge is 2.39. The van der Waals surface area contributed by atoms with Crippen molar-refractivity contribution in [2.75, 3.05) is 6.54 Å². The monoisotopic (exact) mass is 392 g/mol. The summed E-state index contributed by atoms with van der Waals surface area (Å²) >= 11 is 0. The Morgan fingerprint density at radius 2 is 1.67 bits per heavy atom. The number of non-ortho nitro benzene ring substituents is 1. The molecule has 7 nitrogen and oxygen atoms in total. The third-order valence-corrected chi connectivity index (χ3v) is 5.69. The molecule has 27 heavy (non-hydrogen) atoms. The summed E-state index contributed by atoms with van der Waals surface area (Å²) in [7, 11) is -1.45. The lowest BCUT2D eigenvalue weighted by Crippen LogP contribution is -2.46. The van der Waals surface area contributed by atoms with Crippen molar-refractivity contribution in [1.29, 1.82) is 0 Å². The normalized spacial score (nSPS) is 16.3. The van der Waals surface area contributed by atoms with Crippen LogP contribution in [0.1, 0.15) is 38.0 Å². The van der Waals surface area contributed by atoms with Gasteiger partial charge in [0.25, 0.3) is 5.69 Å². The van der Waals surface area contributed by atoms with E-state index in [0.29, 0.717) is 11.1 Å². The minimum atomic E-state index is -1.78. The number of benzene rings is 2. The predicted molar refractivity (Wildman–Crippen MR) is 104 cm³/mol.